The molecule has 0 aliphatic carbocycles. The van der Waals surface area contributed by atoms with Crippen LogP contribution in [0.1, 0.15) is 19.7 Å². The molecule has 0 atom stereocenters. The van der Waals surface area contributed by atoms with Crippen molar-refractivity contribution in [2.24, 2.45) is 4.99 Å². The van der Waals surface area contributed by atoms with E-state index in [1.165, 1.54) is 11.5 Å². The molecule has 0 fully saturated rings. The maximum absolute atomic E-state index is 4.49. The molecule has 0 aliphatic heterocycles. The molecule has 0 saturated carbocycles. The van der Waals surface area contributed by atoms with Gasteiger partial charge in [-0.15, -0.1) is 0 Å². The van der Waals surface area contributed by atoms with Gasteiger partial charge in [0, 0.05) is 30.7 Å². The first-order valence-electron chi connectivity index (χ1n) is 5.36. The van der Waals surface area contributed by atoms with Crippen molar-refractivity contribution < 1.29 is 0 Å². The van der Waals surface area contributed by atoms with E-state index >= 15 is 0 Å². The van der Waals surface area contributed by atoms with Gasteiger partial charge >= 0.3 is 0 Å². The highest BCUT2D eigenvalue weighted by Crippen LogP contribution is 2.05. The van der Waals surface area contributed by atoms with Crippen molar-refractivity contribution in [2.45, 2.75) is 26.8 Å². The minimum Gasteiger partial charge on any atom is -0.304 e. The molecule has 0 N–H and O–H groups in total. The molecular formula is C11H14N4S. The van der Waals surface area contributed by atoms with Crippen LogP contribution in [0.4, 0.5) is 5.82 Å². The number of rotatable bonds is 3. The molecule has 0 spiro atoms. The summed E-state index contributed by atoms with van der Waals surface area (Å²) in [6, 6.07) is 5.71. The van der Waals surface area contributed by atoms with Gasteiger partial charge in [-0.05, 0) is 19.1 Å². The van der Waals surface area contributed by atoms with E-state index in [2.05, 4.69) is 32.8 Å². The number of aryl methyl sites for hydroxylation is 1. The molecule has 2 rings (SSSR count). The van der Waals surface area contributed by atoms with Crippen LogP contribution in [0.25, 0.3) is 0 Å². The normalized spacial score (nSPS) is 12.0. The SMILES string of the molecule is CCc1ns/c(=N/c2ccccn2)n1CC. The molecule has 0 amide bonds. The zero-order chi connectivity index (χ0) is 11.4. The molecule has 0 bridgehead atoms. The highest BCUT2D eigenvalue weighted by atomic mass is 32.1. The average Bonchev–Trinajstić information content (AvgIpc) is 2.72. The molecule has 2 aromatic rings. The quantitative estimate of drug-likeness (QED) is 0.816. The predicted molar refractivity (Wildman–Crippen MR) is 64.6 cm³/mol. The van der Waals surface area contributed by atoms with E-state index < -0.39 is 0 Å². The van der Waals surface area contributed by atoms with Crippen LogP contribution in [-0.4, -0.2) is 13.9 Å². The summed E-state index contributed by atoms with van der Waals surface area (Å²) in [4.78, 5) is 9.59. The second kappa shape index (κ2) is 5.03. The van der Waals surface area contributed by atoms with Crippen LogP contribution < -0.4 is 4.80 Å². The maximum atomic E-state index is 4.49. The van der Waals surface area contributed by atoms with Gasteiger partial charge in [-0.1, -0.05) is 13.0 Å². The van der Waals surface area contributed by atoms with E-state index in [9.17, 15) is 0 Å². The molecule has 0 unspecified atom stereocenters. The second-order valence-electron chi connectivity index (χ2n) is 3.28. The summed E-state index contributed by atoms with van der Waals surface area (Å²) in [7, 11) is 0. The van der Waals surface area contributed by atoms with E-state index in [0.717, 1.165) is 29.4 Å². The van der Waals surface area contributed by atoms with Gasteiger partial charge in [-0.25, -0.2) is 4.98 Å². The van der Waals surface area contributed by atoms with Gasteiger partial charge in [-0.3, -0.25) is 0 Å². The fraction of sp³-hybridized carbons (Fsp3) is 0.364. The zero-order valence-corrected chi connectivity index (χ0v) is 10.2. The summed E-state index contributed by atoms with van der Waals surface area (Å²) in [5.41, 5.74) is 0. The topological polar surface area (TPSA) is 43.1 Å². The minimum absolute atomic E-state index is 0.732. The molecule has 5 heteroatoms. The second-order valence-corrected chi connectivity index (χ2v) is 4.01. The fourth-order valence-corrected chi connectivity index (χ4v) is 2.36. The van der Waals surface area contributed by atoms with E-state index in [0.29, 0.717) is 0 Å². The summed E-state index contributed by atoms with van der Waals surface area (Å²) in [6.45, 7) is 5.10. The van der Waals surface area contributed by atoms with Crippen LogP contribution >= 0.6 is 11.5 Å². The van der Waals surface area contributed by atoms with Gasteiger partial charge in [-0.2, -0.15) is 9.37 Å². The summed E-state index contributed by atoms with van der Waals surface area (Å²) in [5.74, 6) is 1.82. The Hall–Kier alpha value is -1.49. The Labute approximate surface area is 98.5 Å². The lowest BCUT2D eigenvalue weighted by Gasteiger charge is -2.00. The molecule has 0 aliphatic rings. The molecular weight excluding hydrogens is 220 g/mol. The lowest BCUT2D eigenvalue weighted by Crippen LogP contribution is -2.15. The van der Waals surface area contributed by atoms with E-state index in [1.807, 2.05) is 18.2 Å². The van der Waals surface area contributed by atoms with Gasteiger partial charge < -0.3 is 4.57 Å². The molecule has 0 radical (unpaired) electrons. The van der Waals surface area contributed by atoms with Crippen LogP contribution in [0.15, 0.2) is 29.4 Å². The van der Waals surface area contributed by atoms with Gasteiger partial charge in [0.25, 0.3) is 0 Å². The summed E-state index contributed by atoms with van der Waals surface area (Å²) < 4.78 is 6.51. The van der Waals surface area contributed by atoms with Crippen molar-refractivity contribution in [1.82, 2.24) is 13.9 Å². The van der Waals surface area contributed by atoms with Gasteiger partial charge in [0.05, 0.1) is 0 Å². The third kappa shape index (κ3) is 2.19. The first-order chi connectivity index (χ1) is 7.85. The lowest BCUT2D eigenvalue weighted by molar-refractivity contribution is 0.677. The van der Waals surface area contributed by atoms with Crippen LogP contribution in [0.3, 0.4) is 0 Å². The average molecular weight is 234 g/mol. The lowest BCUT2D eigenvalue weighted by atomic mass is 10.4. The molecule has 16 heavy (non-hydrogen) atoms. The van der Waals surface area contributed by atoms with Gasteiger partial charge in [0.1, 0.15) is 5.82 Å². The third-order valence-electron chi connectivity index (χ3n) is 2.27. The Bertz CT molecular complexity index is 512. The number of nitrogens with zero attached hydrogens (tertiary/aromatic N) is 4. The Morgan fingerprint density at radius 3 is 2.88 bits per heavy atom. The van der Waals surface area contributed by atoms with Gasteiger partial charge in [0.2, 0.25) is 4.80 Å². The number of aromatic nitrogens is 3. The molecule has 4 nitrogen and oxygen atoms in total. The van der Waals surface area contributed by atoms with Gasteiger partial charge in [0.15, 0.2) is 5.82 Å². The molecule has 0 aromatic carbocycles. The van der Waals surface area contributed by atoms with Crippen molar-refractivity contribution in [1.29, 1.82) is 0 Å². The molecule has 2 aromatic heterocycles. The molecule has 2 heterocycles. The zero-order valence-electron chi connectivity index (χ0n) is 9.42. The maximum Gasteiger partial charge on any atom is 0.210 e. The highest BCUT2D eigenvalue weighted by molar-refractivity contribution is 7.02. The first kappa shape index (κ1) is 11.0. The Balaban J connectivity index is 2.48. The first-order valence-corrected chi connectivity index (χ1v) is 6.13. The van der Waals surface area contributed by atoms with Crippen LogP contribution in [0, 0.1) is 0 Å². The monoisotopic (exact) mass is 234 g/mol. The van der Waals surface area contributed by atoms with E-state index in [4.69, 9.17) is 0 Å². The predicted octanol–water partition coefficient (Wildman–Crippen LogP) is 2.15. The molecule has 0 saturated heterocycles. The largest absolute Gasteiger partial charge is 0.304 e. The van der Waals surface area contributed by atoms with E-state index in [-0.39, 0.29) is 0 Å². The van der Waals surface area contributed by atoms with Crippen molar-refractivity contribution >= 4 is 17.4 Å². The van der Waals surface area contributed by atoms with Crippen LogP contribution in [-0.2, 0) is 13.0 Å². The summed E-state index contributed by atoms with van der Waals surface area (Å²) in [6.07, 6.45) is 2.68. The Morgan fingerprint density at radius 2 is 2.25 bits per heavy atom. The smallest absolute Gasteiger partial charge is 0.210 e. The Morgan fingerprint density at radius 1 is 1.38 bits per heavy atom. The van der Waals surface area contributed by atoms with Crippen molar-refractivity contribution in [3.8, 4) is 0 Å². The molecule has 84 valence electrons. The number of hydrogen-bond acceptors (Lipinski definition) is 4. The standard InChI is InChI=1S/C11H14N4S/c1-3-10-14-16-11(15(10)4-2)13-9-7-5-6-8-12-9/h5-8H,3-4H2,1-2H3/b13-11+. The summed E-state index contributed by atoms with van der Waals surface area (Å²) >= 11 is 1.43. The fourth-order valence-electron chi connectivity index (χ4n) is 1.47. The van der Waals surface area contributed by atoms with Crippen molar-refractivity contribution in [2.75, 3.05) is 0 Å². The van der Waals surface area contributed by atoms with Crippen molar-refractivity contribution in [3.63, 3.8) is 0 Å². The Kier molecular flexibility index (Phi) is 3.46. The van der Waals surface area contributed by atoms with Crippen LogP contribution in [0.2, 0.25) is 0 Å². The number of pyridine rings is 1. The van der Waals surface area contributed by atoms with E-state index in [1.54, 1.807) is 6.20 Å². The summed E-state index contributed by atoms with van der Waals surface area (Å²) in [5, 5.41) is 0. The third-order valence-corrected chi connectivity index (χ3v) is 3.04. The number of hydrogen-bond donors (Lipinski definition) is 0. The minimum atomic E-state index is 0.732. The highest BCUT2D eigenvalue weighted by Gasteiger charge is 2.03. The van der Waals surface area contributed by atoms with Crippen LogP contribution in [0.5, 0.6) is 0 Å². The van der Waals surface area contributed by atoms with Crippen molar-refractivity contribution in [3.05, 3.63) is 35.0 Å².